The first-order chi connectivity index (χ1) is 27.2. The molecule has 0 saturated carbocycles. The summed E-state index contributed by atoms with van der Waals surface area (Å²) in [5.41, 5.74) is 2.15. The Morgan fingerprint density at radius 2 is 1.66 bits per heavy atom. The normalized spacial score (nSPS) is 23.5. The van der Waals surface area contributed by atoms with Gasteiger partial charge in [-0.3, -0.25) is 39.1 Å². The van der Waals surface area contributed by atoms with Crippen molar-refractivity contribution in [1.29, 1.82) is 5.26 Å². The second kappa shape index (κ2) is 15.9. The summed E-state index contributed by atoms with van der Waals surface area (Å²) in [6, 6.07) is 11.4. The number of fused-ring (bicyclic) bond motifs is 3. The first kappa shape index (κ1) is 37.3. The Balaban J connectivity index is 0.754. The first-order valence-corrected chi connectivity index (χ1v) is 19.6. The molecule has 2 bridgehead atoms. The van der Waals surface area contributed by atoms with E-state index in [2.05, 4.69) is 36.5 Å². The van der Waals surface area contributed by atoms with E-state index in [0.717, 1.165) is 81.8 Å². The van der Waals surface area contributed by atoms with Crippen molar-refractivity contribution in [2.75, 3.05) is 49.5 Å². The minimum Gasteiger partial charge on any atom is -0.490 e. The molecule has 1 aromatic heterocycles. The molecule has 5 aliphatic heterocycles. The Hall–Kier alpha value is -5.59. The summed E-state index contributed by atoms with van der Waals surface area (Å²) >= 11 is 6.20. The number of aromatic nitrogens is 2. The maximum absolute atomic E-state index is 13.6. The van der Waals surface area contributed by atoms with Crippen molar-refractivity contribution in [1.82, 2.24) is 30.0 Å². The minimum absolute atomic E-state index is 0.0324. The van der Waals surface area contributed by atoms with Crippen molar-refractivity contribution in [3.63, 3.8) is 0 Å². The second-order valence-corrected chi connectivity index (χ2v) is 15.4. The largest absolute Gasteiger partial charge is 0.490 e. The molecule has 3 aromatic rings. The van der Waals surface area contributed by atoms with Crippen LogP contribution >= 0.6 is 11.6 Å². The van der Waals surface area contributed by atoms with Crippen molar-refractivity contribution in [2.45, 2.75) is 75.6 Å². The minimum atomic E-state index is -0.983. The number of nitrogens with zero attached hydrogens (tertiary/aromatic N) is 7. The summed E-state index contributed by atoms with van der Waals surface area (Å²) < 4.78 is 6.23. The Kier molecular flexibility index (Phi) is 10.6. The van der Waals surface area contributed by atoms with Gasteiger partial charge in [0.25, 0.3) is 17.7 Å². The van der Waals surface area contributed by atoms with Crippen LogP contribution in [0.15, 0.2) is 48.8 Å². The molecule has 4 atom stereocenters. The number of nitriles is 1. The maximum Gasteiger partial charge on any atom is 0.262 e. The average molecular weight is 780 g/mol. The van der Waals surface area contributed by atoms with Crippen molar-refractivity contribution < 1.29 is 28.7 Å². The lowest BCUT2D eigenvalue weighted by molar-refractivity contribution is -0.136. The quantitative estimate of drug-likeness (QED) is 0.214. The van der Waals surface area contributed by atoms with Crippen LogP contribution in [0.5, 0.6) is 5.75 Å². The third-order valence-electron chi connectivity index (χ3n) is 11.5. The predicted octanol–water partition coefficient (Wildman–Crippen LogP) is 3.63. The summed E-state index contributed by atoms with van der Waals surface area (Å²) in [7, 11) is 0. The number of carbonyl (C=O) groups is 5. The Morgan fingerprint density at radius 1 is 0.929 bits per heavy atom. The average Bonchev–Trinajstić information content (AvgIpc) is 3.61. The van der Waals surface area contributed by atoms with E-state index < -0.39 is 29.7 Å². The van der Waals surface area contributed by atoms with Gasteiger partial charge in [0, 0.05) is 88.2 Å². The number of rotatable bonds is 11. The molecule has 6 heterocycles. The number of halogens is 1. The van der Waals surface area contributed by atoms with Crippen molar-refractivity contribution >= 4 is 52.8 Å². The van der Waals surface area contributed by atoms with Crippen LogP contribution in [-0.4, -0.2) is 118 Å². The number of benzene rings is 2. The molecular weight excluding hydrogens is 738 g/mol. The van der Waals surface area contributed by atoms with E-state index in [0.29, 0.717) is 34.4 Å². The van der Waals surface area contributed by atoms with Gasteiger partial charge in [-0.05, 0) is 69.0 Å². The van der Waals surface area contributed by atoms with Crippen molar-refractivity contribution in [3.05, 3.63) is 76.1 Å². The maximum atomic E-state index is 13.6. The van der Waals surface area contributed by atoms with Crippen LogP contribution in [0.1, 0.15) is 88.0 Å². The molecule has 4 saturated heterocycles. The molecule has 15 nitrogen and oxygen atoms in total. The lowest BCUT2D eigenvalue weighted by atomic mass is 9.98. The molecule has 5 amide bonds. The molecule has 0 aliphatic carbocycles. The Labute approximate surface area is 328 Å². The molecule has 5 aliphatic rings. The molecule has 56 heavy (non-hydrogen) atoms. The van der Waals surface area contributed by atoms with Crippen molar-refractivity contribution in [2.24, 2.45) is 0 Å². The molecule has 2 aromatic carbocycles. The van der Waals surface area contributed by atoms with Crippen LogP contribution in [0.3, 0.4) is 0 Å². The fraction of sp³-hybridized carbons (Fsp3) is 0.450. The number of hydrogen-bond donors (Lipinski definition) is 2. The van der Waals surface area contributed by atoms with Gasteiger partial charge in [-0.1, -0.05) is 11.6 Å². The molecule has 4 fully saturated rings. The Morgan fingerprint density at radius 3 is 2.36 bits per heavy atom. The summed E-state index contributed by atoms with van der Waals surface area (Å²) in [4.78, 5) is 80.3. The third kappa shape index (κ3) is 7.50. The van der Waals surface area contributed by atoms with Crippen LogP contribution in [0.4, 0.5) is 11.6 Å². The van der Waals surface area contributed by atoms with Crippen LogP contribution in [-0.2, 0) is 9.59 Å². The summed E-state index contributed by atoms with van der Waals surface area (Å²) in [5, 5.41) is 15.1. The van der Waals surface area contributed by atoms with Gasteiger partial charge in [-0.25, -0.2) is 9.97 Å². The van der Waals surface area contributed by atoms with Gasteiger partial charge in [0.15, 0.2) is 0 Å². The summed E-state index contributed by atoms with van der Waals surface area (Å²) in [6.45, 7) is 4.94. The van der Waals surface area contributed by atoms with E-state index in [1.165, 1.54) is 0 Å². The van der Waals surface area contributed by atoms with Gasteiger partial charge in [0.1, 0.15) is 24.0 Å². The van der Waals surface area contributed by atoms with Crippen LogP contribution in [0, 0.1) is 11.3 Å². The number of piperidine rings is 2. The van der Waals surface area contributed by atoms with Gasteiger partial charge >= 0.3 is 0 Å². The fourth-order valence-corrected chi connectivity index (χ4v) is 8.81. The molecule has 0 radical (unpaired) electrons. The summed E-state index contributed by atoms with van der Waals surface area (Å²) in [5.74, 6) is -0.845. The SMILES string of the molecule is N#Cc1ccc(OC2C[C@H]3CC[C@@H](C2)N3C(=O)c2cnc(N3CCN(CCCCNc4ccc5c(c4)C(=O)N(C4CCC(=O)NC4=O)C5=O)CC3)nc2)cc1Cl. The van der Waals surface area contributed by atoms with Gasteiger partial charge in [0.05, 0.1) is 27.3 Å². The lowest BCUT2D eigenvalue weighted by Crippen LogP contribution is -2.54. The number of piperazine rings is 1. The molecule has 290 valence electrons. The number of carbonyl (C=O) groups excluding carboxylic acids is 5. The highest BCUT2D eigenvalue weighted by molar-refractivity contribution is 6.31. The number of amides is 5. The number of anilines is 2. The molecule has 2 unspecified atom stereocenters. The van der Waals surface area contributed by atoms with E-state index in [1.807, 2.05) is 4.90 Å². The number of nitrogens with one attached hydrogen (secondary N) is 2. The smallest absolute Gasteiger partial charge is 0.262 e. The van der Waals surface area contributed by atoms with Gasteiger partial charge in [-0.15, -0.1) is 0 Å². The number of unbranched alkanes of at least 4 members (excludes halogenated alkanes) is 1. The van der Waals surface area contributed by atoms with Crippen LogP contribution < -0.4 is 20.3 Å². The first-order valence-electron chi connectivity index (χ1n) is 19.2. The highest BCUT2D eigenvalue weighted by Gasteiger charge is 2.46. The zero-order valence-corrected chi connectivity index (χ0v) is 31.5. The highest BCUT2D eigenvalue weighted by atomic mass is 35.5. The lowest BCUT2D eigenvalue weighted by Gasteiger charge is -2.39. The van der Waals surface area contributed by atoms with E-state index in [9.17, 15) is 24.0 Å². The van der Waals surface area contributed by atoms with Gasteiger partial charge < -0.3 is 19.9 Å². The van der Waals surface area contributed by atoms with E-state index in [1.54, 1.807) is 48.8 Å². The van der Waals surface area contributed by atoms with Crippen molar-refractivity contribution in [3.8, 4) is 11.8 Å². The highest BCUT2D eigenvalue weighted by Crippen LogP contribution is 2.39. The zero-order valence-electron chi connectivity index (χ0n) is 30.8. The van der Waals surface area contributed by atoms with E-state index >= 15 is 0 Å². The standard InChI is InChI=1S/C40H42ClN9O6/c41-33-20-29(7-3-24(33)21-42)56-30-18-27-5-6-28(19-30)49(27)37(53)25-22-44-40(45-23-25)48-15-13-47(14-16-48)12-2-1-11-43-26-4-8-31-32(17-26)39(55)50(38(31)54)34-9-10-35(51)46-36(34)52/h3-4,7-8,17,20,22-23,27-28,30,34,43H,1-2,5-6,9-16,18-19H2,(H,46,51,52)/t27-,28+,30?,34?. The summed E-state index contributed by atoms with van der Waals surface area (Å²) in [6.07, 6.45) is 8.67. The number of ether oxygens (including phenoxy) is 1. The second-order valence-electron chi connectivity index (χ2n) is 15.0. The molecule has 16 heteroatoms. The topological polar surface area (TPSA) is 181 Å². The molecule has 0 spiro atoms. The van der Waals surface area contributed by atoms with Gasteiger partial charge in [0.2, 0.25) is 17.8 Å². The fourth-order valence-electron chi connectivity index (χ4n) is 8.60. The molecular formula is C40H42ClN9O6. The number of hydrogen-bond acceptors (Lipinski definition) is 12. The predicted molar refractivity (Wildman–Crippen MR) is 204 cm³/mol. The number of imide groups is 2. The third-order valence-corrected chi connectivity index (χ3v) is 11.8. The van der Waals surface area contributed by atoms with Crippen LogP contribution in [0.25, 0.3) is 0 Å². The monoisotopic (exact) mass is 779 g/mol. The Bertz CT molecular complexity index is 2090. The zero-order chi connectivity index (χ0) is 38.9. The molecule has 2 N–H and O–H groups in total. The van der Waals surface area contributed by atoms with E-state index in [4.69, 9.17) is 21.6 Å². The van der Waals surface area contributed by atoms with Crippen LogP contribution in [0.2, 0.25) is 5.02 Å². The van der Waals surface area contributed by atoms with Gasteiger partial charge in [-0.2, -0.15) is 5.26 Å². The van der Waals surface area contributed by atoms with E-state index in [-0.39, 0.29) is 48.1 Å². The molecule has 8 rings (SSSR count).